The van der Waals surface area contributed by atoms with Gasteiger partial charge in [-0.3, -0.25) is 4.79 Å². The van der Waals surface area contributed by atoms with Crippen molar-refractivity contribution < 1.29 is 9.90 Å². The molecule has 21 heavy (non-hydrogen) atoms. The highest BCUT2D eigenvalue weighted by atomic mass is 16.3. The number of ketones is 1. The number of fused-ring (bicyclic) bond motifs is 1. The second-order valence-corrected chi connectivity index (χ2v) is 5.08. The van der Waals surface area contributed by atoms with Gasteiger partial charge in [-0.05, 0) is 30.2 Å². The van der Waals surface area contributed by atoms with Crippen molar-refractivity contribution in [2.24, 2.45) is 0 Å². The number of imidazole rings is 1. The molecule has 2 N–H and O–H groups in total. The second-order valence-electron chi connectivity index (χ2n) is 5.08. The third-order valence-electron chi connectivity index (χ3n) is 3.71. The molecule has 0 bridgehead atoms. The predicted octanol–water partition coefficient (Wildman–Crippen LogP) is 3.39. The highest BCUT2D eigenvalue weighted by molar-refractivity contribution is 6.10. The van der Waals surface area contributed by atoms with E-state index in [0.29, 0.717) is 18.4 Å². The summed E-state index contributed by atoms with van der Waals surface area (Å²) >= 11 is 0. The van der Waals surface area contributed by atoms with E-state index in [1.807, 2.05) is 37.3 Å². The van der Waals surface area contributed by atoms with Gasteiger partial charge in [0.05, 0.1) is 17.6 Å². The van der Waals surface area contributed by atoms with Gasteiger partial charge in [0.1, 0.15) is 5.75 Å². The average molecular weight is 280 g/mol. The van der Waals surface area contributed by atoms with Crippen molar-refractivity contribution in [1.82, 2.24) is 9.97 Å². The van der Waals surface area contributed by atoms with Crippen LogP contribution in [0.5, 0.6) is 5.75 Å². The highest BCUT2D eigenvalue weighted by Crippen LogP contribution is 2.28. The van der Waals surface area contributed by atoms with Gasteiger partial charge in [0.25, 0.3) is 0 Å². The zero-order valence-corrected chi connectivity index (χ0v) is 11.8. The van der Waals surface area contributed by atoms with E-state index < -0.39 is 0 Å². The van der Waals surface area contributed by atoms with E-state index in [1.165, 1.54) is 0 Å². The molecular weight excluding hydrogens is 264 g/mol. The molecule has 2 aromatic carbocycles. The van der Waals surface area contributed by atoms with Crippen LogP contribution in [-0.4, -0.2) is 20.9 Å². The zero-order valence-electron chi connectivity index (χ0n) is 11.8. The van der Waals surface area contributed by atoms with E-state index in [0.717, 1.165) is 22.2 Å². The van der Waals surface area contributed by atoms with Gasteiger partial charge in [-0.15, -0.1) is 0 Å². The number of benzene rings is 2. The van der Waals surface area contributed by atoms with Crippen LogP contribution in [0.15, 0.2) is 42.7 Å². The number of carbonyl (C=O) groups excluding carboxylic acids is 1. The Morgan fingerprint density at radius 2 is 2.05 bits per heavy atom. The summed E-state index contributed by atoms with van der Waals surface area (Å²) in [6, 6.07) is 11.0. The van der Waals surface area contributed by atoms with Crippen LogP contribution in [0.4, 0.5) is 0 Å². The van der Waals surface area contributed by atoms with Crippen LogP contribution in [0.2, 0.25) is 0 Å². The highest BCUT2D eigenvalue weighted by Gasteiger charge is 2.15. The standard InChI is InChI=1S/C17H16N2O2/c1-11-14(19-10-18-11)7-9-16(21)17-13-5-3-2-4-12(13)6-8-15(17)20/h2-6,8,10,20H,7,9H2,1H3,(H,18,19). The van der Waals surface area contributed by atoms with Crippen LogP contribution in [0.25, 0.3) is 10.8 Å². The summed E-state index contributed by atoms with van der Waals surface area (Å²) in [5.41, 5.74) is 2.27. The molecule has 1 aromatic heterocycles. The number of carbonyl (C=O) groups is 1. The minimum absolute atomic E-state index is 0.0393. The Balaban J connectivity index is 1.91. The molecule has 4 nitrogen and oxygen atoms in total. The van der Waals surface area contributed by atoms with Gasteiger partial charge < -0.3 is 10.1 Å². The fraction of sp³-hybridized carbons (Fsp3) is 0.176. The number of phenolic OH excluding ortho intramolecular Hbond substituents is 1. The molecule has 4 heteroatoms. The van der Waals surface area contributed by atoms with E-state index in [2.05, 4.69) is 9.97 Å². The van der Waals surface area contributed by atoms with E-state index >= 15 is 0 Å². The topological polar surface area (TPSA) is 66.0 Å². The first kappa shape index (κ1) is 13.4. The first-order chi connectivity index (χ1) is 10.2. The van der Waals surface area contributed by atoms with Gasteiger partial charge in [0, 0.05) is 12.1 Å². The number of nitrogens with zero attached hydrogens (tertiary/aromatic N) is 1. The van der Waals surface area contributed by atoms with Crippen molar-refractivity contribution in [3.63, 3.8) is 0 Å². The predicted molar refractivity (Wildman–Crippen MR) is 81.6 cm³/mol. The number of hydrogen-bond acceptors (Lipinski definition) is 3. The van der Waals surface area contributed by atoms with Crippen molar-refractivity contribution >= 4 is 16.6 Å². The number of rotatable bonds is 4. The maximum Gasteiger partial charge on any atom is 0.167 e. The number of H-pyrrole nitrogens is 1. The molecule has 1 heterocycles. The number of Topliss-reactive ketones (excluding diaryl/α,β-unsaturated/α-hetero) is 1. The summed E-state index contributed by atoms with van der Waals surface area (Å²) in [5.74, 6) is -0.0239. The summed E-state index contributed by atoms with van der Waals surface area (Å²) < 4.78 is 0. The monoisotopic (exact) mass is 280 g/mol. The molecule has 0 aliphatic heterocycles. The average Bonchev–Trinajstić information content (AvgIpc) is 2.90. The third-order valence-corrected chi connectivity index (χ3v) is 3.71. The first-order valence-corrected chi connectivity index (χ1v) is 6.89. The largest absolute Gasteiger partial charge is 0.507 e. The fourth-order valence-electron chi connectivity index (χ4n) is 2.55. The van der Waals surface area contributed by atoms with Crippen LogP contribution < -0.4 is 0 Å². The van der Waals surface area contributed by atoms with Gasteiger partial charge in [-0.25, -0.2) is 4.98 Å². The number of aromatic hydroxyl groups is 1. The fourth-order valence-corrected chi connectivity index (χ4v) is 2.55. The van der Waals surface area contributed by atoms with Crippen molar-refractivity contribution in [2.75, 3.05) is 0 Å². The molecule has 0 aliphatic carbocycles. The molecule has 0 fully saturated rings. The van der Waals surface area contributed by atoms with Gasteiger partial charge >= 0.3 is 0 Å². The molecule has 0 radical (unpaired) electrons. The molecule has 0 atom stereocenters. The summed E-state index contributed by atoms with van der Waals surface area (Å²) in [7, 11) is 0. The van der Waals surface area contributed by atoms with E-state index in [-0.39, 0.29) is 11.5 Å². The molecule has 0 amide bonds. The molecule has 0 unspecified atom stereocenters. The number of aryl methyl sites for hydroxylation is 2. The normalized spacial score (nSPS) is 10.9. The molecule has 106 valence electrons. The second kappa shape index (κ2) is 5.40. The molecule has 3 rings (SSSR count). The minimum Gasteiger partial charge on any atom is -0.507 e. The van der Waals surface area contributed by atoms with Gasteiger partial charge in [0.2, 0.25) is 0 Å². The summed E-state index contributed by atoms with van der Waals surface area (Å²) in [4.78, 5) is 19.7. The van der Waals surface area contributed by atoms with Crippen molar-refractivity contribution in [3.8, 4) is 5.75 Å². The van der Waals surface area contributed by atoms with Crippen molar-refractivity contribution in [2.45, 2.75) is 19.8 Å². The van der Waals surface area contributed by atoms with E-state index in [9.17, 15) is 9.90 Å². The Morgan fingerprint density at radius 1 is 1.24 bits per heavy atom. The minimum atomic E-state index is -0.0632. The number of phenols is 1. The maximum atomic E-state index is 12.5. The molecule has 3 aromatic rings. The lowest BCUT2D eigenvalue weighted by Gasteiger charge is -2.08. The lowest BCUT2D eigenvalue weighted by atomic mass is 9.97. The molecule has 0 aliphatic rings. The SMILES string of the molecule is Cc1[nH]cnc1CCC(=O)c1c(O)ccc2ccccc12. The maximum absolute atomic E-state index is 12.5. The van der Waals surface area contributed by atoms with E-state index in [1.54, 1.807) is 12.4 Å². The molecular formula is C17H16N2O2. The summed E-state index contributed by atoms with van der Waals surface area (Å²) in [5, 5.41) is 11.8. The quantitative estimate of drug-likeness (QED) is 0.720. The Bertz CT molecular complexity index is 805. The number of hydrogen-bond donors (Lipinski definition) is 2. The summed E-state index contributed by atoms with van der Waals surface area (Å²) in [6.07, 6.45) is 2.52. The van der Waals surface area contributed by atoms with Crippen LogP contribution in [-0.2, 0) is 6.42 Å². The van der Waals surface area contributed by atoms with E-state index in [4.69, 9.17) is 0 Å². The third kappa shape index (κ3) is 2.52. The molecule has 0 spiro atoms. The van der Waals surface area contributed by atoms with Crippen LogP contribution in [0.1, 0.15) is 28.2 Å². The van der Waals surface area contributed by atoms with Gasteiger partial charge in [0.15, 0.2) is 5.78 Å². The Labute approximate surface area is 122 Å². The van der Waals surface area contributed by atoms with Crippen LogP contribution >= 0.6 is 0 Å². The van der Waals surface area contributed by atoms with Gasteiger partial charge in [-0.2, -0.15) is 0 Å². The van der Waals surface area contributed by atoms with Crippen molar-refractivity contribution in [1.29, 1.82) is 0 Å². The number of nitrogens with one attached hydrogen (secondary N) is 1. The Hall–Kier alpha value is -2.62. The first-order valence-electron chi connectivity index (χ1n) is 6.89. The smallest absolute Gasteiger partial charge is 0.167 e. The molecule has 0 saturated heterocycles. The Morgan fingerprint density at radius 3 is 2.81 bits per heavy atom. The number of aromatic nitrogens is 2. The lowest BCUT2D eigenvalue weighted by molar-refractivity contribution is 0.0981. The van der Waals surface area contributed by atoms with Gasteiger partial charge in [-0.1, -0.05) is 30.3 Å². The van der Waals surface area contributed by atoms with Crippen LogP contribution in [0, 0.1) is 6.92 Å². The number of aromatic amines is 1. The molecule has 0 saturated carbocycles. The Kier molecular flexibility index (Phi) is 3.44. The summed E-state index contributed by atoms with van der Waals surface area (Å²) in [6.45, 7) is 1.93. The zero-order chi connectivity index (χ0) is 14.8. The van der Waals surface area contributed by atoms with Crippen LogP contribution in [0.3, 0.4) is 0 Å². The van der Waals surface area contributed by atoms with Crippen molar-refractivity contribution in [3.05, 3.63) is 59.7 Å². The lowest BCUT2D eigenvalue weighted by Crippen LogP contribution is -2.03.